The van der Waals surface area contributed by atoms with Crippen LogP contribution in [0.4, 0.5) is 0 Å². The van der Waals surface area contributed by atoms with Gasteiger partial charge < -0.3 is 29.0 Å². The number of aliphatic hydroxyl groups is 1. The predicted octanol–water partition coefficient (Wildman–Crippen LogP) is 4.02. The third kappa shape index (κ3) is 4.25. The molecule has 7 nitrogen and oxygen atoms in total. The molecule has 6 rings (SSSR count). The van der Waals surface area contributed by atoms with Gasteiger partial charge in [-0.2, -0.15) is 0 Å². The first kappa shape index (κ1) is 22.7. The second kappa shape index (κ2) is 9.36. The fourth-order valence-electron chi connectivity index (χ4n) is 6.17. The summed E-state index contributed by atoms with van der Waals surface area (Å²) in [6, 6.07) is 12.1. The molecule has 0 aromatic heterocycles. The molecule has 1 atom stereocenters. The number of β-amino-alcohol motifs (C(OH)–C–C–N with tert-alkyl or cyclic N) is 1. The average Bonchev–Trinajstić information content (AvgIpc) is 3.52. The Kier molecular flexibility index (Phi) is 6.06. The number of ether oxygens (including phenoxy) is 4. The molecule has 2 aromatic carbocycles. The second-order valence-corrected chi connectivity index (χ2v) is 10.2. The molecule has 7 heteroatoms. The maximum atomic E-state index is 12.8. The van der Waals surface area contributed by atoms with Crippen molar-refractivity contribution in [3.63, 3.8) is 0 Å². The number of hydrogen-bond donors (Lipinski definition) is 1. The smallest absolute Gasteiger partial charge is 0.343 e. The SMILES string of the molecule is O=C1OC2(CCN(CC(O)COc3ccccc3C3CCCC3)CC2)c2ccc3c(c21)OCCO3. The number of esters is 1. The molecule has 2 fully saturated rings. The molecule has 1 N–H and O–H groups in total. The van der Waals surface area contributed by atoms with Gasteiger partial charge in [-0.3, -0.25) is 0 Å². The summed E-state index contributed by atoms with van der Waals surface area (Å²) in [4.78, 5) is 15.0. The monoisotopic (exact) mass is 479 g/mol. The molecular weight excluding hydrogens is 446 g/mol. The van der Waals surface area contributed by atoms with Gasteiger partial charge in [-0.1, -0.05) is 37.1 Å². The normalized spacial score (nSPS) is 22.1. The second-order valence-electron chi connectivity index (χ2n) is 10.2. The highest BCUT2D eigenvalue weighted by atomic mass is 16.6. The highest BCUT2D eigenvalue weighted by Gasteiger charge is 2.49. The molecular formula is C28H33NO6. The molecule has 3 aliphatic heterocycles. The van der Waals surface area contributed by atoms with Crippen LogP contribution in [-0.4, -0.2) is 61.5 Å². The van der Waals surface area contributed by atoms with Crippen molar-refractivity contribution < 1.29 is 28.8 Å². The van der Waals surface area contributed by atoms with Crippen molar-refractivity contribution in [1.29, 1.82) is 0 Å². The summed E-state index contributed by atoms with van der Waals surface area (Å²) in [5.74, 6) is 2.27. The van der Waals surface area contributed by atoms with E-state index in [0.29, 0.717) is 55.6 Å². The van der Waals surface area contributed by atoms with Gasteiger partial charge in [0.2, 0.25) is 0 Å². The molecule has 1 aliphatic carbocycles. The van der Waals surface area contributed by atoms with Crippen molar-refractivity contribution in [2.75, 3.05) is 39.5 Å². The molecule has 1 unspecified atom stereocenters. The lowest BCUT2D eigenvalue weighted by molar-refractivity contribution is -0.0497. The lowest BCUT2D eigenvalue weighted by atomic mass is 9.83. The van der Waals surface area contributed by atoms with Crippen LogP contribution in [0.1, 0.15) is 65.9 Å². The minimum absolute atomic E-state index is 0.271. The van der Waals surface area contributed by atoms with E-state index in [1.165, 1.54) is 31.2 Å². The summed E-state index contributed by atoms with van der Waals surface area (Å²) in [6.45, 7) is 3.19. The largest absolute Gasteiger partial charge is 0.491 e. The zero-order valence-electron chi connectivity index (χ0n) is 20.0. The van der Waals surface area contributed by atoms with Gasteiger partial charge in [0, 0.05) is 38.0 Å². The Morgan fingerprint density at radius 1 is 1.06 bits per heavy atom. The third-order valence-electron chi connectivity index (χ3n) is 7.97. The van der Waals surface area contributed by atoms with E-state index >= 15 is 0 Å². The van der Waals surface area contributed by atoms with Crippen molar-refractivity contribution in [1.82, 2.24) is 4.90 Å². The molecule has 35 heavy (non-hydrogen) atoms. The Balaban J connectivity index is 1.06. The van der Waals surface area contributed by atoms with Crippen molar-refractivity contribution in [3.8, 4) is 17.2 Å². The maximum absolute atomic E-state index is 12.8. The number of para-hydroxylation sites is 1. The number of carbonyl (C=O) groups is 1. The summed E-state index contributed by atoms with van der Waals surface area (Å²) in [6.07, 6.45) is 5.77. The van der Waals surface area contributed by atoms with Crippen molar-refractivity contribution >= 4 is 5.97 Å². The van der Waals surface area contributed by atoms with E-state index < -0.39 is 11.7 Å². The zero-order chi connectivity index (χ0) is 23.8. The Morgan fingerprint density at radius 3 is 2.66 bits per heavy atom. The van der Waals surface area contributed by atoms with Gasteiger partial charge in [0.05, 0.1) is 0 Å². The molecule has 0 amide bonds. The van der Waals surface area contributed by atoms with E-state index in [4.69, 9.17) is 18.9 Å². The summed E-state index contributed by atoms with van der Waals surface area (Å²) < 4.78 is 23.5. The molecule has 1 saturated carbocycles. The molecule has 186 valence electrons. The fraction of sp³-hybridized carbons (Fsp3) is 0.536. The van der Waals surface area contributed by atoms with E-state index in [1.807, 2.05) is 24.3 Å². The number of fused-ring (bicyclic) bond motifs is 4. The van der Waals surface area contributed by atoms with Gasteiger partial charge in [-0.15, -0.1) is 0 Å². The van der Waals surface area contributed by atoms with E-state index in [-0.39, 0.29) is 12.6 Å². The summed E-state index contributed by atoms with van der Waals surface area (Å²) in [5, 5.41) is 10.7. The molecule has 1 spiro atoms. The van der Waals surface area contributed by atoms with Gasteiger partial charge in [-0.05, 0) is 36.5 Å². The number of piperidine rings is 1. The number of benzene rings is 2. The van der Waals surface area contributed by atoms with Crippen LogP contribution in [0.15, 0.2) is 36.4 Å². The fourth-order valence-corrected chi connectivity index (χ4v) is 6.17. The van der Waals surface area contributed by atoms with Crippen LogP contribution < -0.4 is 14.2 Å². The maximum Gasteiger partial charge on any atom is 0.343 e. The zero-order valence-corrected chi connectivity index (χ0v) is 20.0. The number of rotatable bonds is 6. The first-order valence-electron chi connectivity index (χ1n) is 12.9. The van der Waals surface area contributed by atoms with Crippen LogP contribution in [0.5, 0.6) is 17.2 Å². The lowest BCUT2D eigenvalue weighted by Crippen LogP contribution is -2.46. The Hall–Kier alpha value is -2.77. The standard InChI is InChI=1S/C28H33NO6/c30-20(18-34-23-8-4-3-7-21(23)19-5-1-2-6-19)17-29-13-11-28(12-14-29)22-9-10-24-26(33-16-15-32-24)25(22)27(31)35-28/h3-4,7-10,19-20,30H,1-2,5-6,11-18H2. The van der Waals surface area contributed by atoms with Gasteiger partial charge in [-0.25, -0.2) is 4.79 Å². The Labute approximate surface area is 205 Å². The first-order chi connectivity index (χ1) is 17.1. The number of nitrogens with zero attached hydrogens (tertiary/aromatic N) is 1. The van der Waals surface area contributed by atoms with Crippen LogP contribution in [0, 0.1) is 0 Å². The van der Waals surface area contributed by atoms with Crippen molar-refractivity contribution in [2.45, 2.75) is 56.1 Å². The van der Waals surface area contributed by atoms with Gasteiger partial charge in [0.15, 0.2) is 11.5 Å². The molecule has 0 radical (unpaired) electrons. The Morgan fingerprint density at radius 2 is 1.83 bits per heavy atom. The van der Waals surface area contributed by atoms with Gasteiger partial charge in [0.25, 0.3) is 0 Å². The molecule has 3 heterocycles. The quantitative estimate of drug-likeness (QED) is 0.627. The third-order valence-corrected chi connectivity index (χ3v) is 7.97. The average molecular weight is 480 g/mol. The minimum Gasteiger partial charge on any atom is -0.491 e. The summed E-state index contributed by atoms with van der Waals surface area (Å²) >= 11 is 0. The van der Waals surface area contributed by atoms with Crippen LogP contribution in [0.25, 0.3) is 0 Å². The first-order valence-corrected chi connectivity index (χ1v) is 12.9. The summed E-state index contributed by atoms with van der Waals surface area (Å²) in [7, 11) is 0. The van der Waals surface area contributed by atoms with E-state index in [2.05, 4.69) is 17.0 Å². The van der Waals surface area contributed by atoms with Gasteiger partial charge in [0.1, 0.15) is 42.8 Å². The molecule has 0 bridgehead atoms. The molecule has 1 saturated heterocycles. The predicted molar refractivity (Wildman–Crippen MR) is 129 cm³/mol. The number of hydrogen-bond acceptors (Lipinski definition) is 7. The van der Waals surface area contributed by atoms with Crippen LogP contribution in [0.2, 0.25) is 0 Å². The molecule has 4 aliphatic rings. The minimum atomic E-state index is -0.625. The number of likely N-dealkylation sites (tertiary alicyclic amines) is 1. The lowest BCUT2D eigenvalue weighted by Gasteiger charge is -2.39. The van der Waals surface area contributed by atoms with E-state index in [0.717, 1.165) is 24.4 Å². The van der Waals surface area contributed by atoms with Crippen LogP contribution >= 0.6 is 0 Å². The van der Waals surface area contributed by atoms with Crippen LogP contribution in [-0.2, 0) is 10.3 Å². The number of carbonyl (C=O) groups excluding carboxylic acids is 1. The van der Waals surface area contributed by atoms with Crippen molar-refractivity contribution in [2.24, 2.45) is 0 Å². The highest BCUT2D eigenvalue weighted by molar-refractivity contribution is 5.98. The van der Waals surface area contributed by atoms with Crippen LogP contribution in [0.3, 0.4) is 0 Å². The summed E-state index contributed by atoms with van der Waals surface area (Å²) in [5.41, 5.74) is 2.07. The van der Waals surface area contributed by atoms with E-state index in [9.17, 15) is 9.90 Å². The molecule has 2 aromatic rings. The Bertz CT molecular complexity index is 1090. The highest BCUT2D eigenvalue weighted by Crippen LogP contribution is 2.50. The van der Waals surface area contributed by atoms with E-state index in [1.54, 1.807) is 0 Å². The topological polar surface area (TPSA) is 77.5 Å². The van der Waals surface area contributed by atoms with Crippen molar-refractivity contribution in [3.05, 3.63) is 53.1 Å². The van der Waals surface area contributed by atoms with Gasteiger partial charge >= 0.3 is 5.97 Å². The number of aliphatic hydroxyl groups excluding tert-OH is 1.